The summed E-state index contributed by atoms with van der Waals surface area (Å²) in [6.45, 7) is 7.09. The van der Waals surface area contributed by atoms with Crippen molar-refractivity contribution in [1.82, 2.24) is 10.2 Å². The molecule has 1 heterocycles. The summed E-state index contributed by atoms with van der Waals surface area (Å²) in [6.07, 6.45) is -2.59. The Balaban J connectivity index is 2.25. The zero-order valence-electron chi connectivity index (χ0n) is 10.6. The quantitative estimate of drug-likeness (QED) is 0.850. The van der Waals surface area contributed by atoms with E-state index in [1.54, 1.807) is 12.1 Å². The normalized spacial score (nSPS) is 19.1. The number of nitrogens with one attached hydrogen (secondary N) is 1. The molecular weight excluding hydrogens is 253 g/mol. The second kappa shape index (κ2) is 5.75. The van der Waals surface area contributed by atoms with E-state index in [9.17, 15) is 13.2 Å². The highest BCUT2D eigenvalue weighted by atomic mass is 19.4. The maximum Gasteiger partial charge on any atom is 0.416 e. The van der Waals surface area contributed by atoms with Crippen molar-refractivity contribution < 1.29 is 13.2 Å². The van der Waals surface area contributed by atoms with Crippen molar-refractivity contribution in [2.24, 2.45) is 0 Å². The standard InChI is InChI=1S/C14H17F3N2/c1-2-13(19-8-6-18-7-9-19)11-4-3-5-12(10-11)14(15,16)17/h2-5,10,13,18H,1,6-9H2/t13-/m0/s1. The molecular formula is C14H17F3N2. The second-order valence-electron chi connectivity index (χ2n) is 4.59. The molecule has 0 amide bonds. The van der Waals surface area contributed by atoms with Gasteiger partial charge < -0.3 is 5.32 Å². The molecule has 1 atom stereocenters. The molecule has 0 aromatic heterocycles. The van der Waals surface area contributed by atoms with Crippen LogP contribution >= 0.6 is 0 Å². The molecule has 1 aromatic carbocycles. The summed E-state index contributed by atoms with van der Waals surface area (Å²) in [6, 6.07) is 5.33. The van der Waals surface area contributed by atoms with Gasteiger partial charge in [0, 0.05) is 26.2 Å². The van der Waals surface area contributed by atoms with E-state index in [2.05, 4.69) is 16.8 Å². The molecule has 0 saturated carbocycles. The van der Waals surface area contributed by atoms with Gasteiger partial charge in [-0.2, -0.15) is 13.2 Å². The van der Waals surface area contributed by atoms with Crippen LogP contribution in [-0.2, 0) is 6.18 Å². The predicted octanol–water partition coefficient (Wildman–Crippen LogP) is 2.84. The topological polar surface area (TPSA) is 15.3 Å². The van der Waals surface area contributed by atoms with Gasteiger partial charge in [-0.25, -0.2) is 0 Å². The summed E-state index contributed by atoms with van der Waals surface area (Å²) in [5.74, 6) is 0. The lowest BCUT2D eigenvalue weighted by molar-refractivity contribution is -0.137. The second-order valence-corrected chi connectivity index (χ2v) is 4.59. The van der Waals surface area contributed by atoms with Crippen molar-refractivity contribution in [3.8, 4) is 0 Å². The minimum atomic E-state index is -4.30. The maximum atomic E-state index is 12.7. The highest BCUT2D eigenvalue weighted by molar-refractivity contribution is 5.30. The molecule has 1 aromatic rings. The number of hydrogen-bond donors (Lipinski definition) is 1. The number of nitrogens with zero attached hydrogens (tertiary/aromatic N) is 1. The summed E-state index contributed by atoms with van der Waals surface area (Å²) < 4.78 is 38.2. The Morgan fingerprint density at radius 2 is 1.95 bits per heavy atom. The molecule has 104 valence electrons. The summed E-state index contributed by atoms with van der Waals surface area (Å²) in [7, 11) is 0. The number of rotatable bonds is 3. The molecule has 2 nitrogen and oxygen atoms in total. The Morgan fingerprint density at radius 3 is 2.53 bits per heavy atom. The molecule has 5 heteroatoms. The van der Waals surface area contributed by atoms with Crippen molar-refractivity contribution in [3.05, 3.63) is 48.0 Å². The summed E-state index contributed by atoms with van der Waals surface area (Å²) in [5, 5.41) is 3.22. The third-order valence-corrected chi connectivity index (χ3v) is 3.32. The van der Waals surface area contributed by atoms with E-state index in [0.717, 1.165) is 32.2 Å². The van der Waals surface area contributed by atoms with Gasteiger partial charge >= 0.3 is 6.18 Å². The van der Waals surface area contributed by atoms with Gasteiger partial charge in [0.25, 0.3) is 0 Å². The number of alkyl halides is 3. The monoisotopic (exact) mass is 270 g/mol. The number of hydrogen-bond acceptors (Lipinski definition) is 2. The minimum Gasteiger partial charge on any atom is -0.314 e. The van der Waals surface area contributed by atoms with Crippen LogP contribution in [0.4, 0.5) is 13.2 Å². The van der Waals surface area contributed by atoms with E-state index in [4.69, 9.17) is 0 Å². The van der Waals surface area contributed by atoms with Gasteiger partial charge in [-0.05, 0) is 17.7 Å². The van der Waals surface area contributed by atoms with Crippen LogP contribution in [-0.4, -0.2) is 31.1 Å². The first-order valence-corrected chi connectivity index (χ1v) is 6.27. The lowest BCUT2D eigenvalue weighted by atomic mass is 10.0. The van der Waals surface area contributed by atoms with E-state index in [1.807, 2.05) is 0 Å². The molecule has 0 radical (unpaired) electrons. The zero-order valence-corrected chi connectivity index (χ0v) is 10.6. The van der Waals surface area contributed by atoms with Gasteiger partial charge in [0.2, 0.25) is 0 Å². The molecule has 1 aliphatic heterocycles. The molecule has 1 fully saturated rings. The largest absolute Gasteiger partial charge is 0.416 e. The van der Waals surface area contributed by atoms with Crippen molar-refractivity contribution in [2.45, 2.75) is 12.2 Å². The molecule has 1 N–H and O–H groups in total. The summed E-state index contributed by atoms with van der Waals surface area (Å²) in [4.78, 5) is 2.14. The molecule has 2 rings (SSSR count). The molecule has 1 aliphatic rings. The first-order chi connectivity index (χ1) is 9.02. The van der Waals surface area contributed by atoms with Gasteiger partial charge in [0.1, 0.15) is 0 Å². The summed E-state index contributed by atoms with van der Waals surface area (Å²) in [5.41, 5.74) is 0.0405. The molecule has 0 bridgehead atoms. The number of halogens is 3. The molecule has 19 heavy (non-hydrogen) atoms. The number of benzene rings is 1. The Hall–Kier alpha value is -1.33. The third-order valence-electron chi connectivity index (χ3n) is 3.32. The van der Waals surface area contributed by atoms with E-state index < -0.39 is 11.7 Å². The fourth-order valence-corrected chi connectivity index (χ4v) is 2.36. The van der Waals surface area contributed by atoms with E-state index in [-0.39, 0.29) is 6.04 Å². The highest BCUT2D eigenvalue weighted by Gasteiger charge is 2.31. The smallest absolute Gasteiger partial charge is 0.314 e. The fourth-order valence-electron chi connectivity index (χ4n) is 2.36. The van der Waals surface area contributed by atoms with Gasteiger partial charge in [-0.15, -0.1) is 6.58 Å². The lowest BCUT2D eigenvalue weighted by Crippen LogP contribution is -2.44. The minimum absolute atomic E-state index is 0.163. The van der Waals surface area contributed by atoms with Crippen LogP contribution in [0.3, 0.4) is 0 Å². The van der Waals surface area contributed by atoms with E-state index in [0.29, 0.717) is 5.56 Å². The van der Waals surface area contributed by atoms with Crippen LogP contribution in [0, 0.1) is 0 Å². The SMILES string of the molecule is C=C[C@@H](c1cccc(C(F)(F)F)c1)N1CCNCC1. The maximum absolute atomic E-state index is 12.7. The van der Waals surface area contributed by atoms with Crippen LogP contribution in [0.15, 0.2) is 36.9 Å². The first-order valence-electron chi connectivity index (χ1n) is 6.27. The Bertz CT molecular complexity index is 437. The van der Waals surface area contributed by atoms with Gasteiger partial charge in [-0.1, -0.05) is 18.2 Å². The van der Waals surface area contributed by atoms with Crippen LogP contribution in [0.2, 0.25) is 0 Å². The number of piperazine rings is 1. The van der Waals surface area contributed by atoms with Crippen LogP contribution < -0.4 is 5.32 Å². The molecule has 0 unspecified atom stereocenters. The molecule has 0 aliphatic carbocycles. The average Bonchev–Trinajstić information content (AvgIpc) is 2.40. The predicted molar refractivity (Wildman–Crippen MR) is 68.8 cm³/mol. The molecule has 0 spiro atoms. The van der Waals surface area contributed by atoms with Gasteiger partial charge in [0.05, 0.1) is 11.6 Å². The summed E-state index contributed by atoms with van der Waals surface area (Å²) >= 11 is 0. The van der Waals surface area contributed by atoms with Crippen LogP contribution in [0.5, 0.6) is 0 Å². The Kier molecular flexibility index (Phi) is 4.27. The fraction of sp³-hybridized carbons (Fsp3) is 0.429. The lowest BCUT2D eigenvalue weighted by Gasteiger charge is -2.33. The van der Waals surface area contributed by atoms with E-state index >= 15 is 0 Å². The zero-order chi connectivity index (χ0) is 13.9. The first kappa shape index (κ1) is 14.1. The average molecular weight is 270 g/mol. The van der Waals surface area contributed by atoms with Gasteiger partial charge in [0.15, 0.2) is 0 Å². The van der Waals surface area contributed by atoms with Gasteiger partial charge in [-0.3, -0.25) is 4.90 Å². The highest BCUT2D eigenvalue weighted by Crippen LogP contribution is 2.32. The van der Waals surface area contributed by atoms with E-state index in [1.165, 1.54) is 12.1 Å². The van der Waals surface area contributed by atoms with Crippen molar-refractivity contribution >= 4 is 0 Å². The van der Waals surface area contributed by atoms with Crippen molar-refractivity contribution in [3.63, 3.8) is 0 Å². The molecule has 1 saturated heterocycles. The van der Waals surface area contributed by atoms with Crippen LogP contribution in [0.1, 0.15) is 17.2 Å². The Labute approximate surface area is 110 Å². The third kappa shape index (κ3) is 3.36. The van der Waals surface area contributed by atoms with Crippen LogP contribution in [0.25, 0.3) is 0 Å². The van der Waals surface area contributed by atoms with Crippen molar-refractivity contribution in [2.75, 3.05) is 26.2 Å². The van der Waals surface area contributed by atoms with Crippen molar-refractivity contribution in [1.29, 1.82) is 0 Å². The Morgan fingerprint density at radius 1 is 1.26 bits per heavy atom.